The van der Waals surface area contributed by atoms with E-state index in [4.69, 9.17) is 9.63 Å². The normalized spacial score (nSPS) is 10.4. The third kappa shape index (κ3) is 2.22. The van der Waals surface area contributed by atoms with Crippen LogP contribution in [0.25, 0.3) is 11.5 Å². The second-order valence-electron chi connectivity index (χ2n) is 3.40. The number of hydrogen-bond acceptors (Lipinski definition) is 5. The van der Waals surface area contributed by atoms with Crippen molar-refractivity contribution in [1.82, 2.24) is 14.7 Å². The van der Waals surface area contributed by atoms with Gasteiger partial charge >= 0.3 is 5.97 Å². The molecule has 88 valence electrons. The van der Waals surface area contributed by atoms with Crippen LogP contribution in [0.3, 0.4) is 0 Å². The number of hydrogen-bond donors (Lipinski definition) is 1. The Morgan fingerprint density at radius 3 is 2.94 bits per heavy atom. The maximum atomic E-state index is 11.9. The van der Waals surface area contributed by atoms with Crippen LogP contribution in [-0.2, 0) is 11.3 Å². The Kier molecular flexibility index (Phi) is 2.73. The number of rotatable bonds is 3. The third-order valence-electron chi connectivity index (χ3n) is 2.08. The molecular weight excluding hydrogens is 226 g/mol. The quantitative estimate of drug-likeness (QED) is 0.821. The third-order valence-corrected chi connectivity index (χ3v) is 2.08. The summed E-state index contributed by atoms with van der Waals surface area (Å²) >= 11 is 0. The van der Waals surface area contributed by atoms with Crippen LogP contribution < -0.4 is 5.56 Å². The van der Waals surface area contributed by atoms with Crippen LogP contribution in [0.1, 0.15) is 5.82 Å². The highest BCUT2D eigenvalue weighted by atomic mass is 16.5. The van der Waals surface area contributed by atoms with Crippen molar-refractivity contribution < 1.29 is 14.4 Å². The summed E-state index contributed by atoms with van der Waals surface area (Å²) in [6, 6.07) is 3.06. The molecule has 0 amide bonds. The largest absolute Gasteiger partial charge is 0.480 e. The Bertz CT molecular complexity index is 614. The van der Waals surface area contributed by atoms with Crippen LogP contribution in [0.4, 0.5) is 0 Å². The molecule has 0 aromatic carbocycles. The number of aromatic nitrogens is 3. The Balaban J connectivity index is 2.49. The number of carboxylic acids is 1. The molecule has 0 atom stereocenters. The van der Waals surface area contributed by atoms with Gasteiger partial charge in [-0.1, -0.05) is 5.16 Å². The molecule has 17 heavy (non-hydrogen) atoms. The molecule has 2 rings (SSSR count). The molecule has 0 saturated heterocycles. The van der Waals surface area contributed by atoms with E-state index in [1.54, 1.807) is 13.0 Å². The highest BCUT2D eigenvalue weighted by Crippen LogP contribution is 2.11. The zero-order valence-corrected chi connectivity index (χ0v) is 8.95. The van der Waals surface area contributed by atoms with E-state index in [1.165, 1.54) is 12.3 Å². The molecule has 0 fully saturated rings. The number of nitrogens with zero attached hydrogens (tertiary/aromatic N) is 3. The molecule has 7 heteroatoms. The highest BCUT2D eigenvalue weighted by molar-refractivity contribution is 5.66. The molecule has 0 aliphatic rings. The molecule has 7 nitrogen and oxygen atoms in total. The molecule has 1 N–H and O–H groups in total. The van der Waals surface area contributed by atoms with E-state index >= 15 is 0 Å². The SMILES string of the molecule is Cc1noc(-c2cccn(CC(=O)O)c2=O)n1. The van der Waals surface area contributed by atoms with Gasteiger partial charge in [-0.05, 0) is 19.1 Å². The van der Waals surface area contributed by atoms with Crippen molar-refractivity contribution in [2.75, 3.05) is 0 Å². The molecule has 0 unspecified atom stereocenters. The fraction of sp³-hybridized carbons (Fsp3) is 0.200. The average Bonchev–Trinajstić information content (AvgIpc) is 2.67. The summed E-state index contributed by atoms with van der Waals surface area (Å²) < 4.78 is 5.94. The monoisotopic (exact) mass is 235 g/mol. The van der Waals surface area contributed by atoms with Crippen molar-refractivity contribution in [3.63, 3.8) is 0 Å². The van der Waals surface area contributed by atoms with Gasteiger partial charge in [-0.25, -0.2) is 0 Å². The van der Waals surface area contributed by atoms with Crippen LogP contribution in [0.15, 0.2) is 27.6 Å². The fourth-order valence-electron chi connectivity index (χ4n) is 1.38. The molecule has 0 aliphatic heterocycles. The summed E-state index contributed by atoms with van der Waals surface area (Å²) in [7, 11) is 0. The number of carboxylic acid groups (broad SMARTS) is 1. The minimum Gasteiger partial charge on any atom is -0.480 e. The predicted octanol–water partition coefficient (Wildman–Crippen LogP) is 0.291. The molecule has 0 spiro atoms. The molecule has 0 saturated carbocycles. The fourth-order valence-corrected chi connectivity index (χ4v) is 1.38. The van der Waals surface area contributed by atoms with Gasteiger partial charge in [-0.15, -0.1) is 0 Å². The first-order valence-corrected chi connectivity index (χ1v) is 4.80. The lowest BCUT2D eigenvalue weighted by molar-refractivity contribution is -0.137. The lowest BCUT2D eigenvalue weighted by atomic mass is 10.2. The number of pyridine rings is 1. The zero-order chi connectivity index (χ0) is 12.4. The van der Waals surface area contributed by atoms with Crippen LogP contribution in [-0.4, -0.2) is 25.8 Å². The Morgan fingerprint density at radius 1 is 1.59 bits per heavy atom. The Hall–Kier alpha value is -2.44. The molecule has 0 bridgehead atoms. The molecule has 0 radical (unpaired) electrons. The lowest BCUT2D eigenvalue weighted by Gasteiger charge is -2.02. The number of aliphatic carboxylic acids is 1. The maximum Gasteiger partial charge on any atom is 0.323 e. The predicted molar refractivity (Wildman–Crippen MR) is 56.4 cm³/mol. The van der Waals surface area contributed by atoms with Crippen molar-refractivity contribution in [2.45, 2.75) is 13.5 Å². The Morgan fingerprint density at radius 2 is 2.35 bits per heavy atom. The van der Waals surface area contributed by atoms with Gasteiger partial charge in [-0.2, -0.15) is 4.98 Å². The summed E-state index contributed by atoms with van der Waals surface area (Å²) in [5.74, 6) is -0.591. The van der Waals surface area contributed by atoms with E-state index in [-0.39, 0.29) is 11.5 Å². The van der Waals surface area contributed by atoms with Crippen molar-refractivity contribution in [1.29, 1.82) is 0 Å². The van der Waals surface area contributed by atoms with Gasteiger partial charge < -0.3 is 14.2 Å². The second kappa shape index (κ2) is 4.20. The van der Waals surface area contributed by atoms with Gasteiger partial charge in [0, 0.05) is 6.20 Å². The zero-order valence-electron chi connectivity index (χ0n) is 8.95. The average molecular weight is 235 g/mol. The minimum absolute atomic E-state index is 0.0900. The van der Waals surface area contributed by atoms with Crippen LogP contribution in [0.2, 0.25) is 0 Å². The van der Waals surface area contributed by atoms with Gasteiger partial charge in [0.1, 0.15) is 12.1 Å². The van der Waals surface area contributed by atoms with Gasteiger partial charge in [-0.3, -0.25) is 9.59 Å². The second-order valence-corrected chi connectivity index (χ2v) is 3.40. The number of aryl methyl sites for hydroxylation is 1. The van der Waals surface area contributed by atoms with Crippen molar-refractivity contribution in [3.05, 3.63) is 34.5 Å². The Labute approximate surface area is 95.3 Å². The van der Waals surface area contributed by atoms with E-state index in [9.17, 15) is 9.59 Å². The molecule has 0 aliphatic carbocycles. The first-order valence-electron chi connectivity index (χ1n) is 4.80. The first-order chi connectivity index (χ1) is 8.08. The van der Waals surface area contributed by atoms with E-state index in [0.717, 1.165) is 4.57 Å². The maximum absolute atomic E-state index is 11.9. The summed E-state index contributed by atoms with van der Waals surface area (Å²) in [5.41, 5.74) is -0.284. The topological polar surface area (TPSA) is 98.2 Å². The molecule has 2 heterocycles. The standard InChI is InChI=1S/C10H9N3O4/c1-6-11-9(17-12-6)7-3-2-4-13(10(7)16)5-8(14)15/h2-4H,5H2,1H3,(H,14,15). The van der Waals surface area contributed by atoms with Crippen LogP contribution >= 0.6 is 0 Å². The van der Waals surface area contributed by atoms with Crippen LogP contribution in [0, 0.1) is 6.92 Å². The van der Waals surface area contributed by atoms with Crippen molar-refractivity contribution in [3.8, 4) is 11.5 Å². The van der Waals surface area contributed by atoms with E-state index in [2.05, 4.69) is 10.1 Å². The van der Waals surface area contributed by atoms with Crippen molar-refractivity contribution >= 4 is 5.97 Å². The molecular formula is C10H9N3O4. The van der Waals surface area contributed by atoms with Crippen molar-refractivity contribution in [2.24, 2.45) is 0 Å². The smallest absolute Gasteiger partial charge is 0.323 e. The van der Waals surface area contributed by atoms with E-state index < -0.39 is 18.1 Å². The minimum atomic E-state index is -1.09. The molecule has 2 aromatic heterocycles. The summed E-state index contributed by atoms with van der Waals surface area (Å²) in [5, 5.41) is 12.2. The van der Waals surface area contributed by atoms with E-state index in [0.29, 0.717) is 5.82 Å². The lowest BCUT2D eigenvalue weighted by Crippen LogP contribution is -2.24. The van der Waals surface area contributed by atoms with Gasteiger partial charge in [0.2, 0.25) is 0 Å². The van der Waals surface area contributed by atoms with Gasteiger partial charge in [0.25, 0.3) is 11.4 Å². The van der Waals surface area contributed by atoms with Gasteiger partial charge in [0.05, 0.1) is 0 Å². The molecule has 2 aromatic rings. The summed E-state index contributed by atoms with van der Waals surface area (Å²) in [4.78, 5) is 26.4. The van der Waals surface area contributed by atoms with Gasteiger partial charge in [0.15, 0.2) is 5.82 Å². The van der Waals surface area contributed by atoms with Crippen LogP contribution in [0.5, 0.6) is 0 Å². The number of carbonyl (C=O) groups is 1. The summed E-state index contributed by atoms with van der Waals surface area (Å²) in [6.07, 6.45) is 1.39. The first kappa shape index (κ1) is 11.1. The van der Waals surface area contributed by atoms with E-state index in [1.807, 2.05) is 0 Å². The highest BCUT2D eigenvalue weighted by Gasteiger charge is 2.13. The summed E-state index contributed by atoms with van der Waals surface area (Å²) in [6.45, 7) is 1.23.